The maximum Gasteiger partial charge on any atom is 0.251 e. The molecule has 0 aliphatic heterocycles. The standard InChI is InChI=1S/C16H26N2O2/c1-3-5-8-14(12-17)18-16(19)13-7-6-9-15(11-13)20-10-4-2/h6-7,9,11,14H,3-5,8,10,12,17H2,1-2H3,(H,18,19). The molecule has 0 radical (unpaired) electrons. The van der Waals surface area contributed by atoms with Gasteiger partial charge in [0.1, 0.15) is 5.75 Å². The molecule has 1 amide bonds. The smallest absolute Gasteiger partial charge is 0.251 e. The van der Waals surface area contributed by atoms with Crippen LogP contribution < -0.4 is 15.8 Å². The molecule has 0 saturated carbocycles. The maximum absolute atomic E-state index is 12.2. The summed E-state index contributed by atoms with van der Waals surface area (Å²) in [5, 5.41) is 2.98. The molecule has 1 unspecified atom stereocenters. The van der Waals surface area contributed by atoms with Crippen LogP contribution in [0, 0.1) is 0 Å². The summed E-state index contributed by atoms with van der Waals surface area (Å²) in [7, 11) is 0. The normalized spacial score (nSPS) is 11.9. The number of rotatable bonds is 9. The molecule has 0 heterocycles. The Hall–Kier alpha value is -1.55. The molecule has 0 bridgehead atoms. The molecule has 1 aromatic rings. The monoisotopic (exact) mass is 278 g/mol. The number of carbonyl (C=O) groups is 1. The second kappa shape index (κ2) is 9.37. The number of nitrogens with one attached hydrogen (secondary N) is 1. The summed E-state index contributed by atoms with van der Waals surface area (Å²) in [5.74, 6) is 0.649. The van der Waals surface area contributed by atoms with Gasteiger partial charge in [0, 0.05) is 18.2 Å². The highest BCUT2D eigenvalue weighted by Crippen LogP contribution is 2.14. The second-order valence-electron chi connectivity index (χ2n) is 4.92. The Morgan fingerprint density at radius 3 is 2.80 bits per heavy atom. The van der Waals surface area contributed by atoms with Gasteiger partial charge in [-0.1, -0.05) is 32.8 Å². The van der Waals surface area contributed by atoms with Crippen LogP contribution in [0.4, 0.5) is 0 Å². The lowest BCUT2D eigenvalue weighted by Gasteiger charge is -2.16. The van der Waals surface area contributed by atoms with Crippen molar-refractivity contribution in [2.45, 2.75) is 45.6 Å². The number of ether oxygens (including phenoxy) is 1. The van der Waals surface area contributed by atoms with Crippen molar-refractivity contribution < 1.29 is 9.53 Å². The van der Waals surface area contributed by atoms with Gasteiger partial charge in [-0.05, 0) is 31.0 Å². The van der Waals surface area contributed by atoms with Crippen LogP contribution in [0.2, 0.25) is 0 Å². The molecule has 1 atom stereocenters. The maximum atomic E-state index is 12.2. The predicted octanol–water partition coefficient (Wildman–Crippen LogP) is 2.72. The largest absolute Gasteiger partial charge is 0.494 e. The van der Waals surface area contributed by atoms with E-state index in [-0.39, 0.29) is 11.9 Å². The minimum atomic E-state index is -0.0847. The van der Waals surface area contributed by atoms with E-state index in [0.29, 0.717) is 18.7 Å². The van der Waals surface area contributed by atoms with E-state index >= 15 is 0 Å². The minimum absolute atomic E-state index is 0.0441. The first kappa shape index (κ1) is 16.5. The van der Waals surface area contributed by atoms with Crippen molar-refractivity contribution in [3.8, 4) is 5.75 Å². The molecule has 1 aromatic carbocycles. The van der Waals surface area contributed by atoms with Crippen molar-refractivity contribution in [1.82, 2.24) is 5.32 Å². The van der Waals surface area contributed by atoms with E-state index in [2.05, 4.69) is 19.2 Å². The van der Waals surface area contributed by atoms with E-state index in [9.17, 15) is 4.79 Å². The number of nitrogens with two attached hydrogens (primary N) is 1. The lowest BCUT2D eigenvalue weighted by Crippen LogP contribution is -2.40. The van der Waals surface area contributed by atoms with Gasteiger partial charge in [0.15, 0.2) is 0 Å². The van der Waals surface area contributed by atoms with E-state index in [0.717, 1.165) is 31.4 Å². The molecule has 0 aromatic heterocycles. The van der Waals surface area contributed by atoms with Gasteiger partial charge in [0.25, 0.3) is 5.91 Å². The average molecular weight is 278 g/mol. The summed E-state index contributed by atoms with van der Waals surface area (Å²) < 4.78 is 5.54. The summed E-state index contributed by atoms with van der Waals surface area (Å²) in [6.45, 7) is 5.31. The minimum Gasteiger partial charge on any atom is -0.494 e. The third-order valence-electron chi connectivity index (χ3n) is 3.09. The van der Waals surface area contributed by atoms with Crippen molar-refractivity contribution in [3.63, 3.8) is 0 Å². The fourth-order valence-electron chi connectivity index (χ4n) is 1.92. The highest BCUT2D eigenvalue weighted by molar-refractivity contribution is 5.94. The van der Waals surface area contributed by atoms with Crippen LogP contribution in [0.3, 0.4) is 0 Å². The van der Waals surface area contributed by atoms with Crippen LogP contribution in [0.25, 0.3) is 0 Å². The molecule has 4 heteroatoms. The van der Waals surface area contributed by atoms with Crippen LogP contribution in [0.1, 0.15) is 49.9 Å². The first-order valence-electron chi connectivity index (χ1n) is 7.45. The van der Waals surface area contributed by atoms with Crippen LogP contribution in [-0.4, -0.2) is 25.1 Å². The zero-order valence-electron chi connectivity index (χ0n) is 12.5. The summed E-state index contributed by atoms with van der Waals surface area (Å²) in [4.78, 5) is 12.2. The van der Waals surface area contributed by atoms with Crippen LogP contribution in [0.15, 0.2) is 24.3 Å². The lowest BCUT2D eigenvalue weighted by atomic mass is 10.1. The number of unbranched alkanes of at least 4 members (excludes halogenated alkanes) is 1. The lowest BCUT2D eigenvalue weighted by molar-refractivity contribution is 0.0935. The van der Waals surface area contributed by atoms with Crippen molar-refractivity contribution in [1.29, 1.82) is 0 Å². The number of benzene rings is 1. The fourth-order valence-corrected chi connectivity index (χ4v) is 1.92. The molecule has 0 fully saturated rings. The van der Waals surface area contributed by atoms with Gasteiger partial charge in [-0.3, -0.25) is 4.79 Å². The van der Waals surface area contributed by atoms with Gasteiger partial charge in [-0.2, -0.15) is 0 Å². The second-order valence-corrected chi connectivity index (χ2v) is 4.92. The van der Waals surface area contributed by atoms with Crippen LogP contribution in [0.5, 0.6) is 5.75 Å². The third-order valence-corrected chi connectivity index (χ3v) is 3.09. The van der Waals surface area contributed by atoms with Gasteiger partial charge in [-0.25, -0.2) is 0 Å². The Bertz CT molecular complexity index is 407. The molecule has 0 spiro atoms. The predicted molar refractivity (Wildman–Crippen MR) is 82.1 cm³/mol. The molecule has 1 rings (SSSR count). The highest BCUT2D eigenvalue weighted by atomic mass is 16.5. The Morgan fingerprint density at radius 1 is 1.35 bits per heavy atom. The van der Waals surface area contributed by atoms with E-state index < -0.39 is 0 Å². The third kappa shape index (κ3) is 5.61. The van der Waals surface area contributed by atoms with E-state index in [1.54, 1.807) is 12.1 Å². The highest BCUT2D eigenvalue weighted by Gasteiger charge is 2.12. The zero-order valence-corrected chi connectivity index (χ0v) is 12.5. The molecule has 0 aliphatic rings. The Kier molecular flexibility index (Phi) is 7.73. The molecule has 4 nitrogen and oxygen atoms in total. The fraction of sp³-hybridized carbons (Fsp3) is 0.562. The Morgan fingerprint density at radius 2 is 2.15 bits per heavy atom. The summed E-state index contributed by atoms with van der Waals surface area (Å²) in [6.07, 6.45) is 4.04. The van der Waals surface area contributed by atoms with E-state index in [4.69, 9.17) is 10.5 Å². The summed E-state index contributed by atoms with van der Waals surface area (Å²) in [6, 6.07) is 7.32. The number of hydrogen-bond acceptors (Lipinski definition) is 3. The van der Waals surface area contributed by atoms with Gasteiger partial charge in [0.05, 0.1) is 6.61 Å². The first-order chi connectivity index (χ1) is 9.71. The molecular formula is C16H26N2O2. The molecule has 20 heavy (non-hydrogen) atoms. The molecule has 112 valence electrons. The van der Waals surface area contributed by atoms with Gasteiger partial charge in [0.2, 0.25) is 0 Å². The number of amides is 1. The quantitative estimate of drug-likeness (QED) is 0.730. The summed E-state index contributed by atoms with van der Waals surface area (Å²) >= 11 is 0. The van der Waals surface area contributed by atoms with Gasteiger partial charge < -0.3 is 15.8 Å². The molecule has 0 aliphatic carbocycles. The van der Waals surface area contributed by atoms with Crippen molar-refractivity contribution in [3.05, 3.63) is 29.8 Å². The number of hydrogen-bond donors (Lipinski definition) is 2. The average Bonchev–Trinajstić information content (AvgIpc) is 2.49. The Balaban J connectivity index is 2.61. The topological polar surface area (TPSA) is 64.3 Å². The van der Waals surface area contributed by atoms with Crippen molar-refractivity contribution in [2.24, 2.45) is 5.73 Å². The van der Waals surface area contributed by atoms with Gasteiger partial charge in [-0.15, -0.1) is 0 Å². The molecule has 0 saturated heterocycles. The Labute approximate surface area is 121 Å². The van der Waals surface area contributed by atoms with E-state index in [1.165, 1.54) is 0 Å². The zero-order chi connectivity index (χ0) is 14.8. The van der Waals surface area contributed by atoms with Crippen molar-refractivity contribution in [2.75, 3.05) is 13.2 Å². The summed E-state index contributed by atoms with van der Waals surface area (Å²) in [5.41, 5.74) is 6.32. The van der Waals surface area contributed by atoms with Crippen molar-refractivity contribution >= 4 is 5.91 Å². The SMILES string of the molecule is CCCCC(CN)NC(=O)c1cccc(OCCC)c1. The van der Waals surface area contributed by atoms with Crippen LogP contribution in [-0.2, 0) is 0 Å². The van der Waals surface area contributed by atoms with Gasteiger partial charge >= 0.3 is 0 Å². The first-order valence-corrected chi connectivity index (χ1v) is 7.45. The molecular weight excluding hydrogens is 252 g/mol. The molecule has 3 N–H and O–H groups in total. The van der Waals surface area contributed by atoms with Crippen LogP contribution >= 0.6 is 0 Å². The van der Waals surface area contributed by atoms with E-state index in [1.807, 2.05) is 12.1 Å². The number of carbonyl (C=O) groups excluding carboxylic acids is 1.